The van der Waals surface area contributed by atoms with Crippen molar-refractivity contribution in [3.05, 3.63) is 22.9 Å². The highest BCUT2D eigenvalue weighted by molar-refractivity contribution is 5.48. The quantitative estimate of drug-likeness (QED) is 0.883. The molecule has 0 unspecified atom stereocenters. The second-order valence-corrected chi connectivity index (χ2v) is 5.76. The maximum atomic E-state index is 11.3. The topological polar surface area (TPSA) is 75.1 Å². The summed E-state index contributed by atoms with van der Waals surface area (Å²) in [5.41, 5.74) is 0.696. The Labute approximate surface area is 111 Å². The molecule has 102 valence electrons. The van der Waals surface area contributed by atoms with Gasteiger partial charge in [-0.25, -0.2) is 19.3 Å². The average Bonchev–Trinajstić information content (AvgIpc) is 2.79. The number of rotatable bonds is 3. The van der Waals surface area contributed by atoms with Gasteiger partial charge in [-0.2, -0.15) is 5.10 Å². The third kappa shape index (κ3) is 2.47. The van der Waals surface area contributed by atoms with Crippen LogP contribution in [0.5, 0.6) is 0 Å². The third-order valence-corrected chi connectivity index (χ3v) is 4.07. The number of aromatic amines is 1. The van der Waals surface area contributed by atoms with Gasteiger partial charge in [-0.1, -0.05) is 26.2 Å². The summed E-state index contributed by atoms with van der Waals surface area (Å²) in [5, 5.41) is 9.72. The molecule has 2 aromatic rings. The Balaban J connectivity index is 1.72. The molecule has 19 heavy (non-hydrogen) atoms. The van der Waals surface area contributed by atoms with E-state index in [0.717, 1.165) is 12.4 Å². The van der Waals surface area contributed by atoms with E-state index in [-0.39, 0.29) is 5.69 Å². The smallest absolute Gasteiger partial charge is 0.348 e. The molecule has 2 N–H and O–H groups in total. The van der Waals surface area contributed by atoms with Gasteiger partial charge in [-0.05, 0) is 18.3 Å². The zero-order chi connectivity index (χ0) is 13.3. The molecule has 1 aliphatic carbocycles. The Bertz CT molecular complexity index is 623. The summed E-state index contributed by atoms with van der Waals surface area (Å²) in [6.45, 7) is 3.25. The van der Waals surface area contributed by atoms with Crippen molar-refractivity contribution in [2.24, 2.45) is 5.41 Å². The van der Waals surface area contributed by atoms with Crippen LogP contribution in [0.25, 0.3) is 5.65 Å². The first-order valence-electron chi connectivity index (χ1n) is 6.83. The van der Waals surface area contributed by atoms with E-state index in [1.807, 2.05) is 0 Å². The second kappa shape index (κ2) is 4.68. The number of anilines is 1. The molecule has 0 aliphatic heterocycles. The molecule has 2 heterocycles. The molecule has 3 rings (SSSR count). The summed E-state index contributed by atoms with van der Waals surface area (Å²) < 4.78 is 1.40. The van der Waals surface area contributed by atoms with E-state index in [4.69, 9.17) is 0 Å². The SMILES string of the molecule is CC1(CNc2cc3n[nH]c(=O)n3cn2)CCCCC1. The fourth-order valence-electron chi connectivity index (χ4n) is 2.79. The molecule has 0 saturated heterocycles. The lowest BCUT2D eigenvalue weighted by atomic mass is 9.76. The summed E-state index contributed by atoms with van der Waals surface area (Å²) in [6, 6.07) is 1.80. The molecule has 0 radical (unpaired) electrons. The lowest BCUT2D eigenvalue weighted by Gasteiger charge is -2.33. The van der Waals surface area contributed by atoms with Crippen LogP contribution in [0.3, 0.4) is 0 Å². The van der Waals surface area contributed by atoms with Gasteiger partial charge in [-0.3, -0.25) is 0 Å². The van der Waals surface area contributed by atoms with Crippen LogP contribution in [-0.2, 0) is 0 Å². The van der Waals surface area contributed by atoms with E-state index in [2.05, 4.69) is 27.4 Å². The maximum Gasteiger partial charge on any atom is 0.348 e. The van der Waals surface area contributed by atoms with Crippen molar-refractivity contribution in [1.29, 1.82) is 0 Å². The van der Waals surface area contributed by atoms with Crippen LogP contribution in [-0.4, -0.2) is 26.1 Å². The minimum atomic E-state index is -0.256. The summed E-state index contributed by atoms with van der Waals surface area (Å²) in [6.07, 6.45) is 8.04. The fourth-order valence-corrected chi connectivity index (χ4v) is 2.79. The van der Waals surface area contributed by atoms with Crippen molar-refractivity contribution in [2.75, 3.05) is 11.9 Å². The minimum Gasteiger partial charge on any atom is -0.369 e. The van der Waals surface area contributed by atoms with Gasteiger partial charge in [0.05, 0.1) is 0 Å². The molecule has 0 atom stereocenters. The number of aromatic nitrogens is 4. The summed E-state index contributed by atoms with van der Waals surface area (Å²) in [4.78, 5) is 15.6. The molecule has 2 aromatic heterocycles. The number of hydrogen-bond acceptors (Lipinski definition) is 4. The first-order chi connectivity index (χ1) is 9.16. The Morgan fingerprint density at radius 3 is 3.00 bits per heavy atom. The van der Waals surface area contributed by atoms with Gasteiger partial charge in [0.2, 0.25) is 0 Å². The number of nitrogens with zero attached hydrogens (tertiary/aromatic N) is 3. The molecule has 0 amide bonds. The van der Waals surface area contributed by atoms with Crippen LogP contribution in [0.1, 0.15) is 39.0 Å². The van der Waals surface area contributed by atoms with E-state index in [0.29, 0.717) is 11.1 Å². The highest BCUT2D eigenvalue weighted by Crippen LogP contribution is 2.35. The molecular formula is C13H19N5O. The predicted molar refractivity (Wildman–Crippen MR) is 73.3 cm³/mol. The largest absolute Gasteiger partial charge is 0.369 e. The van der Waals surface area contributed by atoms with Crippen molar-refractivity contribution >= 4 is 11.5 Å². The monoisotopic (exact) mass is 261 g/mol. The van der Waals surface area contributed by atoms with Crippen molar-refractivity contribution in [1.82, 2.24) is 19.6 Å². The van der Waals surface area contributed by atoms with Gasteiger partial charge in [0, 0.05) is 12.6 Å². The first kappa shape index (κ1) is 12.2. The van der Waals surface area contributed by atoms with Crippen molar-refractivity contribution < 1.29 is 0 Å². The van der Waals surface area contributed by atoms with E-state index in [1.165, 1.54) is 42.8 Å². The average molecular weight is 261 g/mol. The van der Waals surface area contributed by atoms with Crippen LogP contribution < -0.4 is 11.0 Å². The molecule has 0 bridgehead atoms. The van der Waals surface area contributed by atoms with Gasteiger partial charge in [-0.15, -0.1) is 0 Å². The molecule has 1 saturated carbocycles. The second-order valence-electron chi connectivity index (χ2n) is 5.76. The Hall–Kier alpha value is -1.85. The maximum absolute atomic E-state index is 11.3. The standard InChI is InChI=1S/C13H19N5O/c1-13(5-3-2-4-6-13)8-14-10-7-11-16-17-12(19)18(11)9-15-10/h7,9,14H,2-6,8H2,1H3,(H,17,19). The summed E-state index contributed by atoms with van der Waals surface area (Å²) in [7, 11) is 0. The van der Waals surface area contributed by atoms with Crippen LogP contribution in [0.4, 0.5) is 5.82 Å². The van der Waals surface area contributed by atoms with Gasteiger partial charge in [0.25, 0.3) is 0 Å². The van der Waals surface area contributed by atoms with Crippen LogP contribution in [0.2, 0.25) is 0 Å². The Kier molecular flexibility index (Phi) is 3.00. The lowest BCUT2D eigenvalue weighted by Crippen LogP contribution is -2.29. The van der Waals surface area contributed by atoms with E-state index in [9.17, 15) is 4.79 Å². The number of nitrogens with one attached hydrogen (secondary N) is 2. The Morgan fingerprint density at radius 1 is 1.42 bits per heavy atom. The normalized spacial score (nSPS) is 18.6. The zero-order valence-electron chi connectivity index (χ0n) is 11.1. The molecule has 0 aromatic carbocycles. The van der Waals surface area contributed by atoms with Crippen molar-refractivity contribution in [3.8, 4) is 0 Å². The van der Waals surface area contributed by atoms with E-state index in [1.54, 1.807) is 6.07 Å². The number of H-pyrrole nitrogens is 1. The molecule has 0 spiro atoms. The number of hydrogen-bond donors (Lipinski definition) is 2. The van der Waals surface area contributed by atoms with Crippen molar-refractivity contribution in [3.63, 3.8) is 0 Å². The molecule has 6 heteroatoms. The highest BCUT2D eigenvalue weighted by atomic mass is 16.1. The summed E-state index contributed by atoms with van der Waals surface area (Å²) >= 11 is 0. The van der Waals surface area contributed by atoms with Crippen LogP contribution in [0, 0.1) is 5.41 Å². The fraction of sp³-hybridized carbons (Fsp3) is 0.615. The Morgan fingerprint density at radius 2 is 2.21 bits per heavy atom. The summed E-state index contributed by atoms with van der Waals surface area (Å²) in [5.74, 6) is 0.776. The van der Waals surface area contributed by atoms with Gasteiger partial charge < -0.3 is 5.32 Å². The third-order valence-electron chi connectivity index (χ3n) is 4.07. The van der Waals surface area contributed by atoms with Gasteiger partial charge in [0.1, 0.15) is 12.1 Å². The van der Waals surface area contributed by atoms with Gasteiger partial charge >= 0.3 is 5.69 Å². The number of fused-ring (bicyclic) bond motifs is 1. The molecule has 1 aliphatic rings. The highest BCUT2D eigenvalue weighted by Gasteiger charge is 2.26. The van der Waals surface area contributed by atoms with Gasteiger partial charge in [0.15, 0.2) is 5.65 Å². The van der Waals surface area contributed by atoms with E-state index < -0.39 is 0 Å². The van der Waals surface area contributed by atoms with Crippen LogP contribution >= 0.6 is 0 Å². The molecule has 1 fully saturated rings. The minimum absolute atomic E-state index is 0.256. The molecule has 6 nitrogen and oxygen atoms in total. The van der Waals surface area contributed by atoms with Crippen molar-refractivity contribution in [2.45, 2.75) is 39.0 Å². The zero-order valence-corrected chi connectivity index (χ0v) is 11.1. The lowest BCUT2D eigenvalue weighted by molar-refractivity contribution is 0.233. The first-order valence-corrected chi connectivity index (χ1v) is 6.83. The van der Waals surface area contributed by atoms with Crippen LogP contribution in [0.15, 0.2) is 17.2 Å². The predicted octanol–water partition coefficient (Wildman–Crippen LogP) is 1.80. The molecular weight excluding hydrogens is 242 g/mol. The van der Waals surface area contributed by atoms with E-state index >= 15 is 0 Å².